The van der Waals surface area contributed by atoms with Crippen LogP contribution in [0.15, 0.2) is 18.2 Å². The Balaban J connectivity index is 1.81. The van der Waals surface area contributed by atoms with Crippen molar-refractivity contribution in [3.63, 3.8) is 0 Å². The minimum absolute atomic E-state index is 0.0913. The number of piperidine rings is 1. The van der Waals surface area contributed by atoms with Gasteiger partial charge in [0.2, 0.25) is 0 Å². The van der Waals surface area contributed by atoms with Gasteiger partial charge in [0, 0.05) is 19.5 Å². The van der Waals surface area contributed by atoms with Gasteiger partial charge in [-0.05, 0) is 43.4 Å². The van der Waals surface area contributed by atoms with E-state index in [1.807, 2.05) is 4.90 Å². The lowest BCUT2D eigenvalue weighted by atomic mass is 9.74. The van der Waals surface area contributed by atoms with Crippen LogP contribution in [0.4, 0.5) is 8.78 Å². The highest BCUT2D eigenvalue weighted by Crippen LogP contribution is 2.41. The van der Waals surface area contributed by atoms with Crippen molar-refractivity contribution in [3.8, 4) is 17.6 Å². The Morgan fingerprint density at radius 3 is 2.63 bits per heavy atom. The topological polar surface area (TPSA) is 92.0 Å². The van der Waals surface area contributed by atoms with E-state index in [-0.39, 0.29) is 30.1 Å². The Morgan fingerprint density at radius 1 is 1.33 bits per heavy atom. The zero-order valence-electron chi connectivity index (χ0n) is 16.9. The highest BCUT2D eigenvalue weighted by molar-refractivity contribution is 5.71. The molecule has 3 rings (SSSR count). The molecule has 2 fully saturated rings. The maximum absolute atomic E-state index is 12.8. The lowest BCUT2D eigenvalue weighted by Crippen LogP contribution is -2.44. The summed E-state index contributed by atoms with van der Waals surface area (Å²) in [6.07, 6.45) is 1.83. The molecule has 2 atom stereocenters. The van der Waals surface area contributed by atoms with Gasteiger partial charge in [0.25, 0.3) is 0 Å². The molecule has 1 aromatic rings. The number of aliphatic hydroxyl groups excluding tert-OH is 1. The minimum atomic E-state index is -3.00. The molecule has 0 aromatic heterocycles. The van der Waals surface area contributed by atoms with Crippen molar-refractivity contribution in [1.29, 1.82) is 5.26 Å². The van der Waals surface area contributed by atoms with Crippen LogP contribution >= 0.6 is 0 Å². The van der Waals surface area contributed by atoms with Gasteiger partial charge in [0.15, 0.2) is 11.5 Å². The third-order valence-corrected chi connectivity index (χ3v) is 5.87. The Kier molecular flexibility index (Phi) is 7.10. The lowest BCUT2D eigenvalue weighted by Gasteiger charge is -2.37. The molecular weight excluding hydrogens is 398 g/mol. The molecule has 0 bridgehead atoms. The number of aliphatic hydroxyl groups is 1. The number of ether oxygens (including phenoxy) is 3. The van der Waals surface area contributed by atoms with Gasteiger partial charge in [0.1, 0.15) is 6.10 Å². The summed E-state index contributed by atoms with van der Waals surface area (Å²) in [5, 5.41) is 19.7. The maximum Gasteiger partial charge on any atom is 0.387 e. The fourth-order valence-electron chi connectivity index (χ4n) is 4.10. The van der Waals surface area contributed by atoms with Gasteiger partial charge in [0.05, 0.1) is 31.2 Å². The minimum Gasteiger partial charge on any atom is -0.486 e. The zero-order valence-corrected chi connectivity index (χ0v) is 16.9. The van der Waals surface area contributed by atoms with Gasteiger partial charge in [-0.25, -0.2) is 0 Å². The second-order valence-corrected chi connectivity index (χ2v) is 7.79. The van der Waals surface area contributed by atoms with Crippen LogP contribution in [0, 0.1) is 11.3 Å². The third kappa shape index (κ3) is 5.18. The Morgan fingerprint density at radius 2 is 2.07 bits per heavy atom. The number of carbonyl (C=O) groups is 1. The number of carbonyl (C=O) groups excluding carboxylic acids is 1. The van der Waals surface area contributed by atoms with Crippen LogP contribution in [0.5, 0.6) is 11.5 Å². The summed E-state index contributed by atoms with van der Waals surface area (Å²) in [4.78, 5) is 13.4. The average molecular weight is 424 g/mol. The molecule has 0 spiro atoms. The molecule has 1 saturated heterocycles. The molecule has 1 aromatic carbocycles. The quantitative estimate of drug-likeness (QED) is 0.673. The SMILES string of the molecule is COC(=O)CN1CCC(C#N)(c2ccc(OC(F)F)c(O[C@@H]3CC[C@@H](O)C3)c2)CC1. The number of nitriles is 1. The number of rotatable bonds is 7. The predicted molar refractivity (Wildman–Crippen MR) is 102 cm³/mol. The Hall–Kier alpha value is -2.44. The summed E-state index contributed by atoms with van der Waals surface area (Å²) in [6.45, 7) is -1.78. The molecule has 0 amide bonds. The fourth-order valence-corrected chi connectivity index (χ4v) is 4.10. The van der Waals surface area contributed by atoms with E-state index in [2.05, 4.69) is 10.8 Å². The summed E-state index contributed by atoms with van der Waals surface area (Å²) in [6, 6.07) is 7.00. The molecule has 0 unspecified atom stereocenters. The third-order valence-electron chi connectivity index (χ3n) is 5.87. The first kappa shape index (κ1) is 22.2. The van der Waals surface area contributed by atoms with Crippen LogP contribution in [0.25, 0.3) is 0 Å². The zero-order chi connectivity index (χ0) is 21.7. The van der Waals surface area contributed by atoms with E-state index < -0.39 is 18.1 Å². The van der Waals surface area contributed by atoms with E-state index in [4.69, 9.17) is 9.47 Å². The first-order valence-electron chi connectivity index (χ1n) is 9.99. The molecule has 2 aliphatic rings. The standard InChI is InChI=1S/C21H26F2N2O5/c1-28-19(27)12-25-8-6-21(13-24,7-9-25)14-2-5-17(30-20(22)23)18(10-14)29-16-4-3-15(26)11-16/h2,5,10,15-16,20,26H,3-4,6-9,11-12H2,1H3/t15-,16-/m1/s1. The fraction of sp³-hybridized carbons (Fsp3) is 0.619. The highest BCUT2D eigenvalue weighted by atomic mass is 19.3. The lowest BCUT2D eigenvalue weighted by molar-refractivity contribution is -0.142. The normalized spacial score (nSPS) is 23.7. The van der Waals surface area contributed by atoms with Gasteiger partial charge in [-0.3, -0.25) is 9.69 Å². The number of alkyl halides is 2. The van der Waals surface area contributed by atoms with Gasteiger partial charge in [-0.1, -0.05) is 6.07 Å². The first-order chi connectivity index (χ1) is 14.3. The van der Waals surface area contributed by atoms with Crippen LogP contribution in [-0.4, -0.2) is 61.5 Å². The van der Waals surface area contributed by atoms with Crippen LogP contribution in [0.2, 0.25) is 0 Å². The number of halogens is 2. The predicted octanol–water partition coefficient (Wildman–Crippen LogP) is 2.61. The number of hydrogen-bond donors (Lipinski definition) is 1. The number of nitrogens with zero attached hydrogens (tertiary/aromatic N) is 2. The molecule has 0 radical (unpaired) electrons. The van der Waals surface area contributed by atoms with Crippen molar-refractivity contribution in [2.45, 2.75) is 56.3 Å². The van der Waals surface area contributed by atoms with E-state index in [9.17, 15) is 23.9 Å². The highest BCUT2D eigenvalue weighted by Gasteiger charge is 2.38. The molecule has 1 aliphatic carbocycles. The van der Waals surface area contributed by atoms with E-state index in [1.54, 1.807) is 12.1 Å². The molecule has 1 heterocycles. The van der Waals surface area contributed by atoms with Crippen molar-refractivity contribution in [2.75, 3.05) is 26.7 Å². The molecule has 1 N–H and O–H groups in total. The summed E-state index contributed by atoms with van der Waals surface area (Å²) in [7, 11) is 1.33. The maximum atomic E-state index is 12.8. The molecule has 1 aliphatic heterocycles. The van der Waals surface area contributed by atoms with E-state index in [0.29, 0.717) is 50.8 Å². The second kappa shape index (κ2) is 9.58. The van der Waals surface area contributed by atoms with E-state index in [1.165, 1.54) is 13.2 Å². The number of methoxy groups -OCH3 is 1. The summed E-state index contributed by atoms with van der Waals surface area (Å²) < 4.78 is 40.9. The van der Waals surface area contributed by atoms with Gasteiger partial charge >= 0.3 is 12.6 Å². The van der Waals surface area contributed by atoms with E-state index in [0.717, 1.165) is 0 Å². The van der Waals surface area contributed by atoms with Crippen LogP contribution < -0.4 is 9.47 Å². The Labute approximate surface area is 174 Å². The van der Waals surface area contributed by atoms with Crippen molar-refractivity contribution in [3.05, 3.63) is 23.8 Å². The van der Waals surface area contributed by atoms with Crippen molar-refractivity contribution in [2.24, 2.45) is 0 Å². The van der Waals surface area contributed by atoms with Crippen LogP contribution in [-0.2, 0) is 14.9 Å². The molecule has 30 heavy (non-hydrogen) atoms. The molecule has 7 nitrogen and oxygen atoms in total. The summed E-state index contributed by atoms with van der Waals surface area (Å²) >= 11 is 0. The van der Waals surface area contributed by atoms with Crippen molar-refractivity contribution < 1.29 is 32.9 Å². The molecule has 1 saturated carbocycles. The van der Waals surface area contributed by atoms with Gasteiger partial charge in [-0.15, -0.1) is 0 Å². The van der Waals surface area contributed by atoms with Gasteiger partial charge in [-0.2, -0.15) is 14.0 Å². The number of benzene rings is 1. The largest absolute Gasteiger partial charge is 0.486 e. The van der Waals surface area contributed by atoms with Gasteiger partial charge < -0.3 is 19.3 Å². The smallest absolute Gasteiger partial charge is 0.387 e. The molecule has 164 valence electrons. The summed E-state index contributed by atoms with van der Waals surface area (Å²) in [5.74, 6) is -0.271. The first-order valence-corrected chi connectivity index (χ1v) is 9.99. The monoisotopic (exact) mass is 424 g/mol. The molecule has 9 heteroatoms. The van der Waals surface area contributed by atoms with E-state index >= 15 is 0 Å². The summed E-state index contributed by atoms with van der Waals surface area (Å²) in [5.41, 5.74) is -0.151. The van der Waals surface area contributed by atoms with Crippen LogP contribution in [0.1, 0.15) is 37.7 Å². The Bertz CT molecular complexity index is 790. The molecular formula is C21H26F2N2O5. The van der Waals surface area contributed by atoms with Crippen molar-refractivity contribution >= 4 is 5.97 Å². The van der Waals surface area contributed by atoms with Crippen molar-refractivity contribution in [1.82, 2.24) is 4.90 Å². The number of esters is 1. The average Bonchev–Trinajstić information content (AvgIpc) is 3.14. The number of likely N-dealkylation sites (tertiary alicyclic amines) is 1. The second-order valence-electron chi connectivity index (χ2n) is 7.79. The van der Waals surface area contributed by atoms with Crippen LogP contribution in [0.3, 0.4) is 0 Å². The number of hydrogen-bond acceptors (Lipinski definition) is 7.